The molecule has 0 bridgehead atoms. The van der Waals surface area contributed by atoms with Gasteiger partial charge in [0.1, 0.15) is 0 Å². The van der Waals surface area contributed by atoms with Crippen LogP contribution in [0.1, 0.15) is 30.5 Å². The maximum absolute atomic E-state index is 4.54. The highest BCUT2D eigenvalue weighted by Gasteiger charge is 2.22. The first-order valence-electron chi connectivity index (χ1n) is 6.62. The fourth-order valence-electron chi connectivity index (χ4n) is 2.42. The van der Waals surface area contributed by atoms with Crippen LogP contribution in [0.4, 0.5) is 0 Å². The number of nitrogens with zero attached hydrogens (tertiary/aromatic N) is 2. The Balaban J connectivity index is 1.70. The van der Waals surface area contributed by atoms with Gasteiger partial charge in [0.05, 0.1) is 10.7 Å². The Bertz CT molecular complexity index is 337. The van der Waals surface area contributed by atoms with E-state index in [4.69, 9.17) is 0 Å². The number of likely N-dealkylation sites (tertiary alicyclic amines) is 1. The van der Waals surface area contributed by atoms with Crippen molar-refractivity contribution in [2.24, 2.45) is 5.92 Å². The zero-order chi connectivity index (χ0) is 12.1. The van der Waals surface area contributed by atoms with Gasteiger partial charge in [0.25, 0.3) is 0 Å². The van der Waals surface area contributed by atoms with Gasteiger partial charge in [-0.3, -0.25) is 4.90 Å². The van der Waals surface area contributed by atoms with E-state index in [9.17, 15) is 0 Å². The Morgan fingerprint density at radius 1 is 1.59 bits per heavy atom. The van der Waals surface area contributed by atoms with E-state index in [-0.39, 0.29) is 0 Å². The average molecular weight is 253 g/mol. The van der Waals surface area contributed by atoms with E-state index in [1.807, 2.05) is 0 Å². The van der Waals surface area contributed by atoms with Crippen LogP contribution in [-0.4, -0.2) is 36.1 Å². The van der Waals surface area contributed by atoms with Gasteiger partial charge in [-0.2, -0.15) is 0 Å². The average Bonchev–Trinajstić information content (AvgIpc) is 2.90. The van der Waals surface area contributed by atoms with Crippen LogP contribution in [0.5, 0.6) is 0 Å². The molecule has 1 saturated heterocycles. The topological polar surface area (TPSA) is 28.2 Å². The summed E-state index contributed by atoms with van der Waals surface area (Å²) < 4.78 is 0. The van der Waals surface area contributed by atoms with Crippen molar-refractivity contribution in [3.05, 3.63) is 16.1 Å². The van der Waals surface area contributed by atoms with Crippen LogP contribution in [0.3, 0.4) is 0 Å². The second-order valence-electron chi connectivity index (χ2n) is 4.95. The van der Waals surface area contributed by atoms with E-state index >= 15 is 0 Å². The van der Waals surface area contributed by atoms with Crippen molar-refractivity contribution in [1.82, 2.24) is 15.2 Å². The SMILES string of the molecule is CCCNCC1CCN(Cc2csc(C)n2)C1. The zero-order valence-electron chi connectivity index (χ0n) is 10.9. The fraction of sp³-hybridized carbons (Fsp3) is 0.769. The molecule has 1 aromatic rings. The summed E-state index contributed by atoms with van der Waals surface area (Å²) in [5.74, 6) is 0.835. The van der Waals surface area contributed by atoms with Crippen molar-refractivity contribution >= 4 is 11.3 Å². The summed E-state index contributed by atoms with van der Waals surface area (Å²) in [7, 11) is 0. The molecular weight excluding hydrogens is 230 g/mol. The highest BCUT2D eigenvalue weighted by atomic mass is 32.1. The summed E-state index contributed by atoms with van der Waals surface area (Å²) in [6, 6.07) is 0. The van der Waals surface area contributed by atoms with E-state index < -0.39 is 0 Å². The lowest BCUT2D eigenvalue weighted by Gasteiger charge is -2.14. The highest BCUT2D eigenvalue weighted by molar-refractivity contribution is 7.09. The van der Waals surface area contributed by atoms with Gasteiger partial charge in [-0.25, -0.2) is 4.98 Å². The van der Waals surface area contributed by atoms with Crippen molar-refractivity contribution in [1.29, 1.82) is 0 Å². The molecule has 17 heavy (non-hydrogen) atoms. The molecule has 4 heteroatoms. The van der Waals surface area contributed by atoms with Gasteiger partial charge < -0.3 is 5.32 Å². The van der Waals surface area contributed by atoms with Gasteiger partial charge in [-0.05, 0) is 45.3 Å². The molecule has 1 atom stereocenters. The molecule has 3 nitrogen and oxygen atoms in total. The van der Waals surface area contributed by atoms with Gasteiger partial charge in [-0.1, -0.05) is 6.92 Å². The number of hydrogen-bond acceptors (Lipinski definition) is 4. The second-order valence-corrected chi connectivity index (χ2v) is 6.01. The van der Waals surface area contributed by atoms with E-state index in [0.717, 1.165) is 19.0 Å². The molecule has 0 aliphatic carbocycles. The quantitative estimate of drug-likeness (QED) is 0.788. The summed E-state index contributed by atoms with van der Waals surface area (Å²) in [6.07, 6.45) is 2.56. The predicted octanol–water partition coefficient (Wildman–Crippen LogP) is 2.27. The lowest BCUT2D eigenvalue weighted by molar-refractivity contribution is 0.311. The van der Waals surface area contributed by atoms with E-state index in [2.05, 4.69) is 34.4 Å². The lowest BCUT2D eigenvalue weighted by atomic mass is 10.1. The number of aromatic nitrogens is 1. The molecule has 96 valence electrons. The minimum atomic E-state index is 0.835. The number of nitrogens with one attached hydrogen (secondary N) is 1. The Morgan fingerprint density at radius 3 is 3.18 bits per heavy atom. The van der Waals surface area contributed by atoms with Gasteiger partial charge in [0.2, 0.25) is 0 Å². The normalized spacial score (nSPS) is 21.2. The Labute approximate surface area is 108 Å². The maximum Gasteiger partial charge on any atom is 0.0897 e. The number of rotatable bonds is 6. The van der Waals surface area contributed by atoms with Gasteiger partial charge >= 0.3 is 0 Å². The molecule has 0 saturated carbocycles. The third-order valence-corrected chi connectivity index (χ3v) is 4.10. The molecule has 2 rings (SSSR count). The van der Waals surface area contributed by atoms with Crippen LogP contribution in [0.2, 0.25) is 0 Å². The van der Waals surface area contributed by atoms with E-state index in [1.54, 1.807) is 11.3 Å². The van der Waals surface area contributed by atoms with Crippen LogP contribution in [-0.2, 0) is 6.54 Å². The first-order chi connectivity index (χ1) is 8.28. The van der Waals surface area contributed by atoms with Crippen LogP contribution >= 0.6 is 11.3 Å². The summed E-state index contributed by atoms with van der Waals surface area (Å²) in [5.41, 5.74) is 1.25. The molecule has 0 amide bonds. The molecule has 0 spiro atoms. The minimum absolute atomic E-state index is 0.835. The molecular formula is C13H23N3S. The Kier molecular flexibility index (Phi) is 4.95. The second kappa shape index (κ2) is 6.47. The largest absolute Gasteiger partial charge is 0.316 e. The smallest absolute Gasteiger partial charge is 0.0897 e. The number of hydrogen-bond donors (Lipinski definition) is 1. The Morgan fingerprint density at radius 2 is 2.47 bits per heavy atom. The first kappa shape index (κ1) is 13.0. The molecule has 1 unspecified atom stereocenters. The van der Waals surface area contributed by atoms with Gasteiger partial charge in [0, 0.05) is 18.5 Å². The Hall–Kier alpha value is -0.450. The van der Waals surface area contributed by atoms with Crippen molar-refractivity contribution in [2.45, 2.75) is 33.2 Å². The summed E-state index contributed by atoms with van der Waals surface area (Å²) in [5, 5.41) is 6.90. The van der Waals surface area contributed by atoms with Gasteiger partial charge in [-0.15, -0.1) is 11.3 Å². The summed E-state index contributed by atoms with van der Waals surface area (Å²) in [4.78, 5) is 7.07. The first-order valence-corrected chi connectivity index (χ1v) is 7.50. The zero-order valence-corrected chi connectivity index (χ0v) is 11.7. The predicted molar refractivity (Wildman–Crippen MR) is 73.4 cm³/mol. The van der Waals surface area contributed by atoms with Crippen LogP contribution < -0.4 is 5.32 Å². The molecule has 0 aromatic carbocycles. The molecule has 1 fully saturated rings. The third-order valence-electron chi connectivity index (χ3n) is 3.28. The van der Waals surface area contributed by atoms with Crippen LogP contribution in [0.15, 0.2) is 5.38 Å². The third kappa shape index (κ3) is 4.05. The standard InChI is InChI=1S/C13H23N3S/c1-3-5-14-7-12-4-6-16(8-12)9-13-10-17-11(2)15-13/h10,12,14H,3-9H2,1-2H3. The maximum atomic E-state index is 4.54. The molecule has 1 aliphatic rings. The van der Waals surface area contributed by atoms with Crippen molar-refractivity contribution in [3.63, 3.8) is 0 Å². The lowest BCUT2D eigenvalue weighted by Crippen LogP contribution is -2.26. The van der Waals surface area contributed by atoms with Crippen molar-refractivity contribution in [2.75, 3.05) is 26.2 Å². The molecule has 1 aromatic heterocycles. The van der Waals surface area contributed by atoms with Crippen LogP contribution in [0, 0.1) is 12.8 Å². The van der Waals surface area contributed by atoms with Gasteiger partial charge in [0.15, 0.2) is 0 Å². The van der Waals surface area contributed by atoms with Crippen molar-refractivity contribution in [3.8, 4) is 0 Å². The number of aryl methyl sites for hydroxylation is 1. The summed E-state index contributed by atoms with van der Waals surface area (Å²) >= 11 is 1.76. The van der Waals surface area contributed by atoms with E-state index in [1.165, 1.54) is 43.2 Å². The monoisotopic (exact) mass is 253 g/mol. The number of thiazole rings is 1. The molecule has 0 radical (unpaired) electrons. The molecule has 1 N–H and O–H groups in total. The summed E-state index contributed by atoms with van der Waals surface area (Å²) in [6.45, 7) is 10.1. The molecule has 2 heterocycles. The van der Waals surface area contributed by atoms with Crippen molar-refractivity contribution < 1.29 is 0 Å². The molecule has 1 aliphatic heterocycles. The minimum Gasteiger partial charge on any atom is -0.316 e. The van der Waals surface area contributed by atoms with Crippen LogP contribution in [0.25, 0.3) is 0 Å². The fourth-order valence-corrected chi connectivity index (χ4v) is 3.02. The highest BCUT2D eigenvalue weighted by Crippen LogP contribution is 2.18. The van der Waals surface area contributed by atoms with E-state index in [0.29, 0.717) is 0 Å².